The zero-order chi connectivity index (χ0) is 7.11. The summed E-state index contributed by atoms with van der Waals surface area (Å²) in [5.74, 6) is 0.769. The first-order chi connectivity index (χ1) is 4.27. The van der Waals surface area contributed by atoms with E-state index in [-0.39, 0.29) is 0 Å². The van der Waals surface area contributed by atoms with Crippen molar-refractivity contribution in [2.75, 3.05) is 13.2 Å². The molecule has 0 aromatic rings. The molecule has 1 radical (unpaired) electrons. The molecule has 0 heterocycles. The second kappa shape index (κ2) is 6.09. The average molecular weight is 129 g/mol. The molecule has 0 aromatic heterocycles. The van der Waals surface area contributed by atoms with Gasteiger partial charge in [-0.25, -0.2) is 0 Å². The Bertz CT molecular complexity index is 50.5. The van der Waals surface area contributed by atoms with Gasteiger partial charge < -0.3 is 4.74 Å². The normalized spacial score (nSPS) is 10.7. The second-order valence-electron chi connectivity index (χ2n) is 2.58. The molecule has 0 aromatic carbocycles. The van der Waals surface area contributed by atoms with E-state index in [2.05, 4.69) is 20.3 Å². The van der Waals surface area contributed by atoms with Crippen LogP contribution in [0.5, 0.6) is 0 Å². The molecule has 0 aliphatic carbocycles. The van der Waals surface area contributed by atoms with Crippen LogP contribution in [0.3, 0.4) is 0 Å². The van der Waals surface area contributed by atoms with E-state index in [1.54, 1.807) is 0 Å². The number of rotatable bonds is 5. The minimum atomic E-state index is 0.769. The molecule has 0 rings (SSSR count). The first-order valence-corrected chi connectivity index (χ1v) is 3.66. The van der Waals surface area contributed by atoms with E-state index in [0.717, 1.165) is 19.1 Å². The maximum Gasteiger partial charge on any atom is 0.0497 e. The molecule has 9 heavy (non-hydrogen) atoms. The van der Waals surface area contributed by atoms with Crippen molar-refractivity contribution in [1.29, 1.82) is 0 Å². The summed E-state index contributed by atoms with van der Waals surface area (Å²) in [5.41, 5.74) is 0. The van der Waals surface area contributed by atoms with Crippen LogP contribution in [0.15, 0.2) is 0 Å². The van der Waals surface area contributed by atoms with E-state index in [0.29, 0.717) is 0 Å². The first-order valence-electron chi connectivity index (χ1n) is 3.66. The van der Waals surface area contributed by atoms with Crippen LogP contribution in [0.25, 0.3) is 0 Å². The second-order valence-corrected chi connectivity index (χ2v) is 2.58. The lowest BCUT2D eigenvalue weighted by Gasteiger charge is -2.02. The van der Waals surface area contributed by atoms with Crippen molar-refractivity contribution >= 4 is 0 Å². The summed E-state index contributed by atoms with van der Waals surface area (Å²) in [6.07, 6.45) is 3.36. The zero-order valence-corrected chi connectivity index (χ0v) is 6.68. The third-order valence-electron chi connectivity index (χ3n) is 1.08. The summed E-state index contributed by atoms with van der Waals surface area (Å²) in [7, 11) is 0. The van der Waals surface area contributed by atoms with Gasteiger partial charge in [-0.1, -0.05) is 13.8 Å². The molecular formula is C8H17O. The number of hydrogen-bond donors (Lipinski definition) is 0. The van der Waals surface area contributed by atoms with E-state index < -0.39 is 0 Å². The van der Waals surface area contributed by atoms with Crippen LogP contribution in [0.2, 0.25) is 0 Å². The lowest BCUT2D eigenvalue weighted by molar-refractivity contribution is 0.165. The minimum Gasteiger partial charge on any atom is -0.381 e. The third kappa shape index (κ3) is 7.96. The van der Waals surface area contributed by atoms with Gasteiger partial charge in [-0.15, -0.1) is 0 Å². The molecule has 0 saturated carbocycles. The fourth-order valence-corrected chi connectivity index (χ4v) is 0.603. The molecule has 0 unspecified atom stereocenters. The molecular weight excluding hydrogens is 112 g/mol. The number of hydrogen-bond acceptors (Lipinski definition) is 1. The van der Waals surface area contributed by atoms with E-state index in [4.69, 9.17) is 4.74 Å². The van der Waals surface area contributed by atoms with Crippen LogP contribution in [-0.2, 0) is 4.74 Å². The predicted molar refractivity (Wildman–Crippen MR) is 40.2 cm³/mol. The summed E-state index contributed by atoms with van der Waals surface area (Å²) in [6, 6.07) is 0. The van der Waals surface area contributed by atoms with Gasteiger partial charge in [0.1, 0.15) is 0 Å². The topological polar surface area (TPSA) is 9.23 Å². The smallest absolute Gasteiger partial charge is 0.0497 e. The molecule has 0 saturated heterocycles. The maximum absolute atomic E-state index is 5.13. The summed E-state index contributed by atoms with van der Waals surface area (Å²) in [5, 5.41) is 0. The van der Waals surface area contributed by atoms with Crippen molar-refractivity contribution in [2.24, 2.45) is 5.92 Å². The lowest BCUT2D eigenvalue weighted by Crippen LogP contribution is -1.96. The predicted octanol–water partition coefficient (Wildman–Crippen LogP) is 2.27. The van der Waals surface area contributed by atoms with Gasteiger partial charge in [0.15, 0.2) is 0 Å². The van der Waals surface area contributed by atoms with Gasteiger partial charge in [0.2, 0.25) is 0 Å². The summed E-state index contributed by atoms with van der Waals surface area (Å²) >= 11 is 0. The monoisotopic (exact) mass is 129 g/mol. The highest BCUT2D eigenvalue weighted by Crippen LogP contribution is 2.01. The molecule has 1 nitrogen and oxygen atoms in total. The van der Waals surface area contributed by atoms with Gasteiger partial charge in [0.25, 0.3) is 0 Å². The van der Waals surface area contributed by atoms with Crippen LogP contribution in [0.1, 0.15) is 27.2 Å². The quantitative estimate of drug-likeness (QED) is 0.517. The lowest BCUT2D eigenvalue weighted by atomic mass is 10.1. The average Bonchev–Trinajstić information content (AvgIpc) is 1.80. The molecule has 0 spiro atoms. The maximum atomic E-state index is 5.13. The molecule has 0 atom stereocenters. The Morgan fingerprint density at radius 2 is 2.11 bits per heavy atom. The number of ether oxygens (including phenoxy) is 1. The van der Waals surface area contributed by atoms with Gasteiger partial charge in [-0.3, -0.25) is 0 Å². The van der Waals surface area contributed by atoms with E-state index in [1.165, 1.54) is 6.42 Å². The van der Waals surface area contributed by atoms with E-state index in [9.17, 15) is 0 Å². The molecule has 0 N–H and O–H groups in total. The SMILES string of the molecule is CCOC[CH]CC(C)C. The molecule has 55 valence electrons. The van der Waals surface area contributed by atoms with Gasteiger partial charge in [0.05, 0.1) is 0 Å². The summed E-state index contributed by atoms with van der Waals surface area (Å²) in [6.45, 7) is 8.08. The van der Waals surface area contributed by atoms with Gasteiger partial charge in [-0.2, -0.15) is 0 Å². The zero-order valence-electron chi connectivity index (χ0n) is 6.68. The van der Waals surface area contributed by atoms with Crippen LogP contribution >= 0.6 is 0 Å². The Hall–Kier alpha value is -0.0400. The minimum absolute atomic E-state index is 0.769. The first kappa shape index (κ1) is 8.96. The highest BCUT2D eigenvalue weighted by molar-refractivity contribution is 4.64. The Morgan fingerprint density at radius 3 is 2.56 bits per heavy atom. The van der Waals surface area contributed by atoms with Gasteiger partial charge in [0, 0.05) is 13.2 Å². The molecule has 0 aliphatic heterocycles. The van der Waals surface area contributed by atoms with Crippen molar-refractivity contribution in [2.45, 2.75) is 27.2 Å². The Kier molecular flexibility index (Phi) is 6.06. The van der Waals surface area contributed by atoms with Crippen LogP contribution in [0, 0.1) is 12.3 Å². The van der Waals surface area contributed by atoms with Crippen molar-refractivity contribution < 1.29 is 4.74 Å². The Labute approximate surface area is 58.4 Å². The Balaban J connectivity index is 2.75. The van der Waals surface area contributed by atoms with Crippen LogP contribution in [-0.4, -0.2) is 13.2 Å². The fraction of sp³-hybridized carbons (Fsp3) is 0.875. The van der Waals surface area contributed by atoms with Gasteiger partial charge in [-0.05, 0) is 25.7 Å². The largest absolute Gasteiger partial charge is 0.381 e. The highest BCUT2D eigenvalue weighted by atomic mass is 16.5. The summed E-state index contributed by atoms with van der Waals surface area (Å²) in [4.78, 5) is 0. The van der Waals surface area contributed by atoms with Crippen molar-refractivity contribution in [3.63, 3.8) is 0 Å². The highest BCUT2D eigenvalue weighted by Gasteiger charge is 1.92. The van der Waals surface area contributed by atoms with E-state index >= 15 is 0 Å². The van der Waals surface area contributed by atoms with E-state index in [1.807, 2.05) is 6.92 Å². The van der Waals surface area contributed by atoms with Crippen molar-refractivity contribution in [3.05, 3.63) is 6.42 Å². The van der Waals surface area contributed by atoms with Crippen LogP contribution < -0.4 is 0 Å². The van der Waals surface area contributed by atoms with Crippen molar-refractivity contribution in [3.8, 4) is 0 Å². The molecule has 0 aliphatic rings. The fourth-order valence-electron chi connectivity index (χ4n) is 0.603. The summed E-state index contributed by atoms with van der Waals surface area (Å²) < 4.78 is 5.13. The standard InChI is InChI=1S/C8H17O/c1-4-9-7-5-6-8(2)3/h5,8H,4,6-7H2,1-3H3. The molecule has 0 fully saturated rings. The van der Waals surface area contributed by atoms with Gasteiger partial charge >= 0.3 is 0 Å². The molecule has 0 bridgehead atoms. The Morgan fingerprint density at radius 1 is 1.44 bits per heavy atom. The third-order valence-corrected chi connectivity index (χ3v) is 1.08. The van der Waals surface area contributed by atoms with Crippen molar-refractivity contribution in [1.82, 2.24) is 0 Å². The molecule has 1 heteroatoms. The van der Waals surface area contributed by atoms with Crippen LogP contribution in [0.4, 0.5) is 0 Å². The molecule has 0 amide bonds.